The first-order valence-electron chi connectivity index (χ1n) is 11.0. The van der Waals surface area contributed by atoms with Crippen LogP contribution in [0.5, 0.6) is 0 Å². The average molecular weight is 451 g/mol. The summed E-state index contributed by atoms with van der Waals surface area (Å²) in [5.74, 6) is 0.161. The van der Waals surface area contributed by atoms with E-state index in [1.807, 2.05) is 0 Å². The van der Waals surface area contributed by atoms with Crippen molar-refractivity contribution in [3.8, 4) is 0 Å². The summed E-state index contributed by atoms with van der Waals surface area (Å²) in [6.07, 6.45) is 4.64. The average Bonchev–Trinajstić information content (AvgIpc) is 2.64. The largest absolute Gasteiger partial charge is 0.369 e. The fourth-order valence-corrected chi connectivity index (χ4v) is 8.20. The molecular formula is C23H31FN2O4S. The molecule has 4 saturated carbocycles. The zero-order valence-electron chi connectivity index (χ0n) is 18.3. The molecule has 31 heavy (non-hydrogen) atoms. The first-order valence-corrected chi connectivity index (χ1v) is 12.4. The van der Waals surface area contributed by atoms with Crippen molar-refractivity contribution >= 4 is 21.7 Å². The number of amides is 1. The predicted octanol–water partition coefficient (Wildman–Crippen LogP) is 3.08. The Morgan fingerprint density at radius 2 is 1.81 bits per heavy atom. The third-order valence-electron chi connectivity index (χ3n) is 7.94. The van der Waals surface area contributed by atoms with E-state index in [0.717, 1.165) is 38.2 Å². The van der Waals surface area contributed by atoms with Crippen LogP contribution in [0.15, 0.2) is 23.1 Å². The van der Waals surface area contributed by atoms with E-state index in [4.69, 9.17) is 5.73 Å². The van der Waals surface area contributed by atoms with Crippen LogP contribution >= 0.6 is 0 Å². The number of nitrogens with one attached hydrogen (secondary N) is 1. The molecule has 4 aliphatic carbocycles. The molecular weight excluding hydrogens is 419 g/mol. The molecule has 3 N–H and O–H groups in total. The molecule has 0 aliphatic heterocycles. The van der Waals surface area contributed by atoms with E-state index in [2.05, 4.69) is 4.72 Å². The molecule has 0 heterocycles. The quantitative estimate of drug-likeness (QED) is 0.666. The summed E-state index contributed by atoms with van der Waals surface area (Å²) in [4.78, 5) is 25.2. The van der Waals surface area contributed by atoms with Crippen LogP contribution in [0, 0.1) is 41.8 Å². The standard InChI is InChI=1S/C23H31FN2O4S/c1-13-4-5-17(24)8-19(13)31(29,30)26-22(2,3)20(27)9-18-15-6-14-7-16(18)12-23(10-14,11-15)21(25)28/h4-5,8,14-16,18,26H,6-7,9-12H2,1-3H3,(H2,25,28). The summed E-state index contributed by atoms with van der Waals surface area (Å²) in [5, 5.41) is 0. The number of aryl methyl sites for hydroxylation is 1. The van der Waals surface area contributed by atoms with Gasteiger partial charge >= 0.3 is 0 Å². The number of hydrogen-bond donors (Lipinski definition) is 2. The van der Waals surface area contributed by atoms with Crippen LogP contribution in [0.3, 0.4) is 0 Å². The van der Waals surface area contributed by atoms with Gasteiger partial charge in [0, 0.05) is 11.8 Å². The second-order valence-corrected chi connectivity index (χ2v) is 12.2. The van der Waals surface area contributed by atoms with E-state index >= 15 is 0 Å². The lowest BCUT2D eigenvalue weighted by Gasteiger charge is -2.59. The minimum atomic E-state index is -4.07. The molecule has 0 radical (unpaired) electrons. The van der Waals surface area contributed by atoms with Gasteiger partial charge in [0.15, 0.2) is 5.78 Å². The van der Waals surface area contributed by atoms with E-state index in [1.165, 1.54) is 12.1 Å². The molecule has 6 nitrogen and oxygen atoms in total. The van der Waals surface area contributed by atoms with Crippen LogP contribution < -0.4 is 10.5 Å². The van der Waals surface area contributed by atoms with Gasteiger partial charge < -0.3 is 5.73 Å². The van der Waals surface area contributed by atoms with Crippen molar-refractivity contribution in [2.75, 3.05) is 0 Å². The number of primary amides is 1. The van der Waals surface area contributed by atoms with Gasteiger partial charge in [-0.2, -0.15) is 4.72 Å². The second-order valence-electron chi connectivity index (χ2n) is 10.5. The maximum absolute atomic E-state index is 13.6. The smallest absolute Gasteiger partial charge is 0.241 e. The molecule has 1 aromatic rings. The third-order valence-corrected chi connectivity index (χ3v) is 9.74. The molecule has 0 aromatic heterocycles. The van der Waals surface area contributed by atoms with Crippen molar-refractivity contribution in [2.24, 2.45) is 34.8 Å². The number of halogens is 1. The van der Waals surface area contributed by atoms with Gasteiger partial charge in [-0.15, -0.1) is 0 Å². The number of rotatable bonds is 7. The molecule has 8 heteroatoms. The summed E-state index contributed by atoms with van der Waals surface area (Å²) >= 11 is 0. The minimum Gasteiger partial charge on any atom is -0.369 e. The third kappa shape index (κ3) is 3.93. The van der Waals surface area contributed by atoms with Crippen molar-refractivity contribution in [3.63, 3.8) is 0 Å². The maximum Gasteiger partial charge on any atom is 0.241 e. The van der Waals surface area contributed by atoms with E-state index in [0.29, 0.717) is 11.5 Å². The summed E-state index contributed by atoms with van der Waals surface area (Å²) in [6.45, 7) is 4.71. The van der Waals surface area contributed by atoms with Gasteiger partial charge in [-0.1, -0.05) is 6.07 Å². The Morgan fingerprint density at radius 3 is 2.39 bits per heavy atom. The number of benzene rings is 1. The second kappa shape index (κ2) is 7.37. The molecule has 170 valence electrons. The molecule has 4 bridgehead atoms. The van der Waals surface area contributed by atoms with E-state index in [9.17, 15) is 22.4 Å². The van der Waals surface area contributed by atoms with Gasteiger partial charge in [0.05, 0.1) is 10.4 Å². The number of carbonyl (C=O) groups is 2. The number of sulfonamides is 1. The molecule has 0 spiro atoms. The molecule has 5 rings (SSSR count). The highest BCUT2D eigenvalue weighted by atomic mass is 32.2. The summed E-state index contributed by atoms with van der Waals surface area (Å²) in [5.41, 5.74) is 4.42. The molecule has 4 fully saturated rings. The zero-order chi connectivity index (χ0) is 22.8. The SMILES string of the molecule is Cc1ccc(F)cc1S(=O)(=O)NC(C)(C)C(=O)CC1C2CC3CC1CC(C(N)=O)(C3)C2. The maximum atomic E-state index is 13.6. The Bertz CT molecular complexity index is 1020. The van der Waals surface area contributed by atoms with Crippen LogP contribution in [-0.4, -0.2) is 25.6 Å². The van der Waals surface area contributed by atoms with Crippen LogP contribution in [-0.2, 0) is 19.6 Å². The van der Waals surface area contributed by atoms with Gasteiger partial charge in [0.25, 0.3) is 0 Å². The lowest BCUT2D eigenvalue weighted by Crippen LogP contribution is -2.57. The Morgan fingerprint density at radius 1 is 1.19 bits per heavy atom. The van der Waals surface area contributed by atoms with Gasteiger partial charge in [-0.3, -0.25) is 9.59 Å². The van der Waals surface area contributed by atoms with Crippen molar-refractivity contribution in [3.05, 3.63) is 29.6 Å². The van der Waals surface area contributed by atoms with E-state index in [1.54, 1.807) is 20.8 Å². The highest BCUT2D eigenvalue weighted by Gasteiger charge is 2.58. The van der Waals surface area contributed by atoms with Crippen LogP contribution in [0.25, 0.3) is 0 Å². The first-order chi connectivity index (χ1) is 14.3. The fourth-order valence-electron chi connectivity index (χ4n) is 6.55. The van der Waals surface area contributed by atoms with Gasteiger partial charge in [-0.05, 0) is 94.2 Å². The van der Waals surface area contributed by atoms with Gasteiger partial charge in [0.2, 0.25) is 15.9 Å². The molecule has 1 amide bonds. The zero-order valence-corrected chi connectivity index (χ0v) is 19.1. The normalized spacial score (nSPS) is 32.3. The van der Waals surface area contributed by atoms with Crippen LogP contribution in [0.4, 0.5) is 4.39 Å². The summed E-state index contributed by atoms with van der Waals surface area (Å²) < 4.78 is 41.9. The van der Waals surface area contributed by atoms with E-state index < -0.39 is 26.8 Å². The monoisotopic (exact) mass is 450 g/mol. The Kier molecular flexibility index (Phi) is 5.33. The number of ketones is 1. The van der Waals surface area contributed by atoms with Crippen LogP contribution in [0.2, 0.25) is 0 Å². The summed E-state index contributed by atoms with van der Waals surface area (Å²) in [6, 6.07) is 3.58. The first kappa shape index (κ1) is 22.4. The van der Waals surface area contributed by atoms with Crippen molar-refractivity contribution in [2.45, 2.75) is 69.7 Å². The van der Waals surface area contributed by atoms with E-state index in [-0.39, 0.29) is 40.8 Å². The highest BCUT2D eigenvalue weighted by molar-refractivity contribution is 7.89. The Balaban J connectivity index is 1.50. The molecule has 2 atom stereocenters. The highest BCUT2D eigenvalue weighted by Crippen LogP contribution is 2.62. The Labute approximate surface area is 183 Å². The molecule has 2 unspecified atom stereocenters. The van der Waals surface area contributed by atoms with Gasteiger partial charge in [-0.25, -0.2) is 12.8 Å². The topological polar surface area (TPSA) is 106 Å². The lowest BCUT2D eigenvalue weighted by molar-refractivity contribution is -0.152. The molecule has 0 saturated heterocycles. The summed E-state index contributed by atoms with van der Waals surface area (Å²) in [7, 11) is -4.07. The molecule has 4 aliphatic rings. The Hall–Kier alpha value is -1.80. The van der Waals surface area contributed by atoms with Crippen molar-refractivity contribution in [1.29, 1.82) is 0 Å². The fraction of sp³-hybridized carbons (Fsp3) is 0.652. The number of Topliss-reactive ketones (excluding diaryl/α,β-unsaturated/α-hetero) is 1. The minimum absolute atomic E-state index is 0.149. The lowest BCUT2D eigenvalue weighted by atomic mass is 9.45. The van der Waals surface area contributed by atoms with Crippen molar-refractivity contribution < 1.29 is 22.4 Å². The number of carbonyl (C=O) groups excluding carboxylic acids is 2. The van der Waals surface area contributed by atoms with Gasteiger partial charge in [0.1, 0.15) is 5.82 Å². The molecule has 1 aromatic carbocycles. The van der Waals surface area contributed by atoms with Crippen LogP contribution in [0.1, 0.15) is 57.9 Å². The predicted molar refractivity (Wildman–Crippen MR) is 114 cm³/mol. The number of hydrogen-bond acceptors (Lipinski definition) is 4. The van der Waals surface area contributed by atoms with Crippen molar-refractivity contribution in [1.82, 2.24) is 4.72 Å². The number of nitrogens with two attached hydrogens (primary N) is 1.